The monoisotopic (exact) mass is 849 g/mol. The molecule has 1 spiro atoms. The lowest BCUT2D eigenvalue weighted by molar-refractivity contribution is -0.130. The Morgan fingerprint density at radius 2 is 1.65 bits per heavy atom. The van der Waals surface area contributed by atoms with Crippen LogP contribution in [0.5, 0.6) is 11.5 Å². The van der Waals surface area contributed by atoms with Crippen molar-refractivity contribution in [2.75, 3.05) is 67.0 Å². The number of allylic oxidation sites excluding steroid dienone is 2. The van der Waals surface area contributed by atoms with Crippen molar-refractivity contribution in [2.24, 2.45) is 11.3 Å². The number of nitrogens with one attached hydrogen (secondary N) is 2. The lowest BCUT2D eigenvalue weighted by Crippen LogP contribution is -2.51. The van der Waals surface area contributed by atoms with E-state index in [4.69, 9.17) is 23.7 Å². The highest BCUT2D eigenvalue weighted by Crippen LogP contribution is 2.63. The van der Waals surface area contributed by atoms with Crippen LogP contribution in [0.1, 0.15) is 86.4 Å². The highest BCUT2D eigenvalue weighted by Gasteiger charge is 2.51. The molecule has 3 heterocycles. The molecule has 2 saturated carbocycles. The number of methoxy groups -OCH3 is 1. The number of benzene rings is 2. The van der Waals surface area contributed by atoms with E-state index in [1.165, 1.54) is 37.8 Å². The number of aromatic nitrogens is 1. The maximum Gasteiger partial charge on any atom is 0.270 e. The molecule has 3 fully saturated rings. The first-order valence-electron chi connectivity index (χ1n) is 21.2. The molecule has 0 bridgehead atoms. The minimum atomic E-state index is -0.868. The smallest absolute Gasteiger partial charge is 0.270 e. The Kier molecular flexibility index (Phi) is 14.5. The van der Waals surface area contributed by atoms with Gasteiger partial charge in [-0.25, -0.2) is 4.98 Å². The number of hydrogen-bond donors (Lipinski definition) is 2. The van der Waals surface area contributed by atoms with Crippen molar-refractivity contribution in [3.05, 3.63) is 107 Å². The number of amides is 5. The predicted molar refractivity (Wildman–Crippen MR) is 228 cm³/mol. The summed E-state index contributed by atoms with van der Waals surface area (Å²) in [5.41, 5.74) is 4.52. The number of fused-ring (bicyclic) bond motifs is 1. The van der Waals surface area contributed by atoms with Crippen molar-refractivity contribution in [3.8, 4) is 11.5 Å². The van der Waals surface area contributed by atoms with Gasteiger partial charge in [-0.3, -0.25) is 28.9 Å². The Balaban J connectivity index is 0.720. The molecular formula is C47H55N5O10. The van der Waals surface area contributed by atoms with Gasteiger partial charge in [-0.05, 0) is 85.3 Å². The van der Waals surface area contributed by atoms with Crippen LogP contribution in [0.2, 0.25) is 0 Å². The Bertz CT molecular complexity index is 2190. The van der Waals surface area contributed by atoms with Gasteiger partial charge in [0.05, 0.1) is 70.5 Å². The van der Waals surface area contributed by atoms with E-state index in [9.17, 15) is 24.0 Å². The van der Waals surface area contributed by atoms with Gasteiger partial charge in [0.1, 0.15) is 29.8 Å². The SMILES string of the molecule is C=C1CCC(N2C(=O)c3ccc(OCCOCCOCCOCCN(C)C(=O)Cc4cccc(CNC(=O)c5cc(/C=C/C6CC7(CC7)C6)c(OC)cn5)c4)cc3C2=O)C(=O)N1. The largest absolute Gasteiger partial charge is 0.495 e. The van der Waals surface area contributed by atoms with E-state index in [0.717, 1.165) is 21.6 Å². The van der Waals surface area contributed by atoms with Gasteiger partial charge in [0, 0.05) is 31.4 Å². The molecule has 1 aromatic heterocycles. The number of pyridine rings is 1. The zero-order valence-electron chi connectivity index (χ0n) is 35.5. The zero-order chi connectivity index (χ0) is 43.6. The van der Waals surface area contributed by atoms with Gasteiger partial charge in [-0.15, -0.1) is 0 Å². The van der Waals surface area contributed by atoms with Crippen LogP contribution in [-0.4, -0.2) is 117 Å². The Labute approximate surface area is 361 Å². The summed E-state index contributed by atoms with van der Waals surface area (Å²) in [6, 6.07) is 13.2. The third-order valence-electron chi connectivity index (χ3n) is 11.8. The molecule has 15 nitrogen and oxygen atoms in total. The highest BCUT2D eigenvalue weighted by molar-refractivity contribution is 6.23. The van der Waals surface area contributed by atoms with Crippen LogP contribution in [0.15, 0.2) is 73.1 Å². The van der Waals surface area contributed by atoms with Crippen LogP contribution in [-0.2, 0) is 36.8 Å². The van der Waals surface area contributed by atoms with Crippen molar-refractivity contribution in [1.82, 2.24) is 25.4 Å². The van der Waals surface area contributed by atoms with Crippen LogP contribution in [0.4, 0.5) is 0 Å². The maximum absolute atomic E-state index is 13.1. The number of carbonyl (C=O) groups excluding carboxylic acids is 5. The van der Waals surface area contributed by atoms with Gasteiger partial charge in [-0.1, -0.05) is 43.0 Å². The highest BCUT2D eigenvalue weighted by atomic mass is 16.6. The van der Waals surface area contributed by atoms with Crippen molar-refractivity contribution in [2.45, 2.75) is 57.5 Å². The number of likely N-dealkylation sites (N-methyl/N-ethyl adjacent to an activating group) is 1. The number of carbonyl (C=O) groups is 5. The standard InChI is InChI=1S/C47H55N5O10/c1-31-7-12-40(44(55)50-31)52-45(56)37-11-10-36(26-38(37)46(52)57)62-22-21-61-20-19-60-18-17-59-16-15-51(2)42(53)24-32-5-4-6-33(23-32)29-49-43(54)39-25-35(41(58-3)30-48-39)9-8-34-27-47(28-34)13-14-47/h4-6,8-11,23,25-26,30,34,40H,1,7,12-22,24,27-29H2,2-3H3,(H,49,54)(H,50,55)/b9-8+. The second-order valence-corrected chi connectivity index (χ2v) is 16.4. The summed E-state index contributed by atoms with van der Waals surface area (Å²) in [6.07, 6.45) is 12.1. The second-order valence-electron chi connectivity index (χ2n) is 16.4. The molecule has 0 radical (unpaired) electrons. The van der Waals surface area contributed by atoms with E-state index in [2.05, 4.69) is 28.3 Å². The summed E-state index contributed by atoms with van der Waals surface area (Å²) in [5.74, 6) is -0.126. The third kappa shape index (κ3) is 11.1. The van der Waals surface area contributed by atoms with Crippen molar-refractivity contribution in [3.63, 3.8) is 0 Å². The molecule has 4 aliphatic rings. The number of imide groups is 1. The summed E-state index contributed by atoms with van der Waals surface area (Å²) in [6.45, 7) is 6.76. The van der Waals surface area contributed by atoms with Crippen LogP contribution >= 0.6 is 0 Å². The minimum Gasteiger partial charge on any atom is -0.495 e. The first-order chi connectivity index (χ1) is 30.0. The fourth-order valence-corrected chi connectivity index (χ4v) is 8.04. The molecule has 1 atom stereocenters. The molecule has 15 heteroatoms. The summed E-state index contributed by atoms with van der Waals surface area (Å²) < 4.78 is 28.0. The van der Waals surface area contributed by atoms with E-state index < -0.39 is 23.8 Å². The Morgan fingerprint density at radius 3 is 2.37 bits per heavy atom. The fraction of sp³-hybridized carbons (Fsp3) is 0.447. The van der Waals surface area contributed by atoms with Crippen LogP contribution < -0.4 is 20.1 Å². The van der Waals surface area contributed by atoms with Gasteiger partial charge < -0.3 is 39.2 Å². The van der Waals surface area contributed by atoms with Crippen LogP contribution in [0.3, 0.4) is 0 Å². The number of piperidine rings is 1. The lowest BCUT2D eigenvalue weighted by Gasteiger charge is -2.33. The molecule has 2 aromatic carbocycles. The predicted octanol–water partition coefficient (Wildman–Crippen LogP) is 4.74. The molecule has 5 amide bonds. The number of nitrogens with zero attached hydrogens (tertiary/aromatic N) is 3. The molecule has 2 aliphatic carbocycles. The number of hydrogen-bond acceptors (Lipinski definition) is 11. The van der Waals surface area contributed by atoms with Gasteiger partial charge in [0.25, 0.3) is 17.7 Å². The quantitative estimate of drug-likeness (QED) is 0.106. The number of ether oxygens (including phenoxy) is 5. The van der Waals surface area contributed by atoms with Gasteiger partial charge in [0.2, 0.25) is 11.8 Å². The molecule has 7 rings (SSSR count). The average Bonchev–Trinajstić information content (AvgIpc) is 4.02. The Hall–Kier alpha value is -5.90. The summed E-state index contributed by atoms with van der Waals surface area (Å²) in [4.78, 5) is 71.4. The van der Waals surface area contributed by atoms with Crippen molar-refractivity contribution in [1.29, 1.82) is 0 Å². The lowest BCUT2D eigenvalue weighted by atomic mass is 9.72. The molecule has 328 valence electrons. The number of rotatable bonds is 22. The molecule has 62 heavy (non-hydrogen) atoms. The summed E-state index contributed by atoms with van der Waals surface area (Å²) in [5, 5.41) is 5.57. The first kappa shape index (κ1) is 44.2. The Morgan fingerprint density at radius 1 is 0.935 bits per heavy atom. The summed E-state index contributed by atoms with van der Waals surface area (Å²) >= 11 is 0. The van der Waals surface area contributed by atoms with E-state index in [-0.39, 0.29) is 42.6 Å². The van der Waals surface area contributed by atoms with Gasteiger partial charge in [-0.2, -0.15) is 0 Å². The normalized spacial score (nSPS) is 17.8. The summed E-state index contributed by atoms with van der Waals surface area (Å²) in [7, 11) is 3.34. The molecule has 1 unspecified atom stereocenters. The molecule has 2 aliphatic heterocycles. The van der Waals surface area contributed by atoms with E-state index in [0.29, 0.717) is 93.2 Å². The zero-order valence-corrected chi connectivity index (χ0v) is 35.5. The van der Waals surface area contributed by atoms with E-state index in [1.54, 1.807) is 37.4 Å². The van der Waals surface area contributed by atoms with Crippen molar-refractivity contribution < 1.29 is 47.7 Å². The molecular weight excluding hydrogens is 795 g/mol. The van der Waals surface area contributed by atoms with Crippen LogP contribution in [0.25, 0.3) is 6.08 Å². The average molecular weight is 850 g/mol. The fourth-order valence-electron chi connectivity index (χ4n) is 8.04. The molecule has 2 N–H and O–H groups in total. The molecule has 3 aromatic rings. The van der Waals surface area contributed by atoms with E-state index >= 15 is 0 Å². The maximum atomic E-state index is 13.1. The van der Waals surface area contributed by atoms with Crippen molar-refractivity contribution >= 4 is 35.6 Å². The third-order valence-corrected chi connectivity index (χ3v) is 11.8. The minimum absolute atomic E-state index is 0.0481. The first-order valence-corrected chi connectivity index (χ1v) is 21.2. The second kappa shape index (κ2) is 20.3. The van der Waals surface area contributed by atoms with Crippen LogP contribution in [0, 0.1) is 11.3 Å². The molecule has 1 saturated heterocycles. The van der Waals surface area contributed by atoms with Gasteiger partial charge >= 0.3 is 0 Å². The van der Waals surface area contributed by atoms with Gasteiger partial charge in [0.15, 0.2) is 0 Å². The topological polar surface area (TPSA) is 175 Å². The van der Waals surface area contributed by atoms with E-state index in [1.807, 2.05) is 30.3 Å².